The van der Waals surface area contributed by atoms with Crippen molar-refractivity contribution in [2.24, 2.45) is 0 Å². The summed E-state index contributed by atoms with van der Waals surface area (Å²) in [7, 11) is 0. The Kier molecular flexibility index (Phi) is 8.79. The first-order chi connectivity index (χ1) is 15.1. The van der Waals surface area contributed by atoms with Gasteiger partial charge in [-0.15, -0.1) is 0 Å². The third-order valence-corrected chi connectivity index (χ3v) is 5.14. The SMILES string of the molecule is O=C(O)[C@@H]([C@@H](O)CCOCc1ccccc1)N(Cc1ccccc1)Cc1ccccc1. The third-order valence-electron chi connectivity index (χ3n) is 5.14. The van der Waals surface area contributed by atoms with E-state index in [4.69, 9.17) is 4.74 Å². The van der Waals surface area contributed by atoms with E-state index < -0.39 is 18.1 Å². The molecule has 0 aromatic heterocycles. The summed E-state index contributed by atoms with van der Waals surface area (Å²) in [5.74, 6) is -1.04. The highest BCUT2D eigenvalue weighted by molar-refractivity contribution is 5.74. The maximum absolute atomic E-state index is 12.2. The van der Waals surface area contributed by atoms with Gasteiger partial charge in [-0.2, -0.15) is 0 Å². The van der Waals surface area contributed by atoms with Crippen LogP contribution >= 0.6 is 0 Å². The summed E-state index contributed by atoms with van der Waals surface area (Å²) in [6, 6.07) is 28.2. The van der Waals surface area contributed by atoms with Gasteiger partial charge in [0.15, 0.2) is 0 Å². The third kappa shape index (κ3) is 7.33. The highest BCUT2D eigenvalue weighted by Crippen LogP contribution is 2.18. The number of aliphatic carboxylic acids is 1. The maximum Gasteiger partial charge on any atom is 0.323 e. The first-order valence-electron chi connectivity index (χ1n) is 10.5. The van der Waals surface area contributed by atoms with Crippen LogP contribution in [0.5, 0.6) is 0 Å². The summed E-state index contributed by atoms with van der Waals surface area (Å²) < 4.78 is 5.67. The molecule has 0 unspecified atom stereocenters. The molecule has 3 aromatic rings. The van der Waals surface area contributed by atoms with Gasteiger partial charge in [0.05, 0.1) is 12.7 Å². The van der Waals surface area contributed by atoms with Crippen molar-refractivity contribution in [3.8, 4) is 0 Å². The Hall–Kier alpha value is -2.99. The predicted octanol–water partition coefficient (Wildman–Crippen LogP) is 4.11. The second kappa shape index (κ2) is 12.0. The van der Waals surface area contributed by atoms with Crippen LogP contribution in [-0.4, -0.2) is 39.8 Å². The van der Waals surface area contributed by atoms with Crippen molar-refractivity contribution >= 4 is 5.97 Å². The molecule has 2 N–H and O–H groups in total. The van der Waals surface area contributed by atoms with E-state index in [1.807, 2.05) is 95.9 Å². The van der Waals surface area contributed by atoms with Crippen molar-refractivity contribution in [3.05, 3.63) is 108 Å². The normalized spacial score (nSPS) is 13.1. The predicted molar refractivity (Wildman–Crippen MR) is 120 cm³/mol. The number of carboxylic acids is 1. The van der Waals surface area contributed by atoms with Gasteiger partial charge in [-0.25, -0.2) is 0 Å². The molecule has 0 radical (unpaired) electrons. The van der Waals surface area contributed by atoms with Crippen molar-refractivity contribution in [2.75, 3.05) is 6.61 Å². The first-order valence-corrected chi connectivity index (χ1v) is 10.5. The molecule has 2 atom stereocenters. The Labute approximate surface area is 183 Å². The fourth-order valence-corrected chi connectivity index (χ4v) is 3.58. The fraction of sp³-hybridized carbons (Fsp3) is 0.269. The molecule has 0 heterocycles. The smallest absolute Gasteiger partial charge is 0.323 e. The highest BCUT2D eigenvalue weighted by Gasteiger charge is 2.32. The molecular weight excluding hydrogens is 390 g/mol. The minimum atomic E-state index is -1.05. The number of carbonyl (C=O) groups is 1. The van der Waals surface area contributed by atoms with E-state index in [1.165, 1.54) is 0 Å². The number of carboxylic acid groups (broad SMARTS) is 1. The Morgan fingerprint density at radius 1 is 0.774 bits per heavy atom. The second-order valence-corrected chi connectivity index (χ2v) is 7.55. The van der Waals surface area contributed by atoms with E-state index in [0.29, 0.717) is 19.7 Å². The number of benzene rings is 3. The molecular formula is C26H29NO4. The van der Waals surface area contributed by atoms with Gasteiger partial charge in [-0.1, -0.05) is 91.0 Å². The van der Waals surface area contributed by atoms with Gasteiger partial charge in [-0.05, 0) is 23.1 Å². The van der Waals surface area contributed by atoms with Crippen LogP contribution in [0.15, 0.2) is 91.0 Å². The van der Waals surface area contributed by atoms with Crippen LogP contribution in [0.25, 0.3) is 0 Å². The first kappa shape index (κ1) is 22.7. The molecule has 0 aliphatic carbocycles. The summed E-state index contributed by atoms with van der Waals surface area (Å²) in [4.78, 5) is 14.0. The summed E-state index contributed by atoms with van der Waals surface area (Å²) >= 11 is 0. The quantitative estimate of drug-likeness (QED) is 0.433. The summed E-state index contributed by atoms with van der Waals surface area (Å²) in [5, 5.41) is 20.8. The molecule has 0 saturated heterocycles. The average molecular weight is 420 g/mol. The van der Waals surface area contributed by atoms with E-state index in [2.05, 4.69) is 0 Å². The van der Waals surface area contributed by atoms with Gasteiger partial charge >= 0.3 is 5.97 Å². The fourth-order valence-electron chi connectivity index (χ4n) is 3.58. The van der Waals surface area contributed by atoms with Crippen LogP contribution in [0.2, 0.25) is 0 Å². The van der Waals surface area contributed by atoms with E-state index >= 15 is 0 Å². The number of hydrogen-bond acceptors (Lipinski definition) is 4. The van der Waals surface area contributed by atoms with Crippen LogP contribution in [0.4, 0.5) is 0 Å². The highest BCUT2D eigenvalue weighted by atomic mass is 16.5. The standard InChI is InChI=1S/C26H29NO4/c28-24(16-17-31-20-23-14-8-3-9-15-23)25(26(29)30)27(18-21-10-4-1-5-11-21)19-22-12-6-2-7-13-22/h1-15,24-25,28H,16-20H2,(H,29,30)/t24-,25+/m0/s1. The summed E-state index contributed by atoms with van der Waals surface area (Å²) in [6.45, 7) is 1.57. The van der Waals surface area contributed by atoms with Gasteiger partial charge in [-0.3, -0.25) is 9.69 Å². The molecule has 5 heteroatoms. The molecule has 0 bridgehead atoms. The molecule has 3 rings (SSSR count). The molecule has 5 nitrogen and oxygen atoms in total. The summed E-state index contributed by atoms with van der Waals surface area (Å²) in [6.07, 6.45) is -0.815. The van der Waals surface area contributed by atoms with E-state index in [9.17, 15) is 15.0 Å². The largest absolute Gasteiger partial charge is 0.480 e. The Bertz CT molecular complexity index is 861. The summed E-state index contributed by atoms with van der Waals surface area (Å²) in [5.41, 5.74) is 3.04. The number of rotatable bonds is 12. The van der Waals surface area contributed by atoms with Crippen LogP contribution in [0.3, 0.4) is 0 Å². The second-order valence-electron chi connectivity index (χ2n) is 7.55. The van der Waals surface area contributed by atoms with Crippen LogP contribution < -0.4 is 0 Å². The van der Waals surface area contributed by atoms with Crippen molar-refractivity contribution < 1.29 is 19.7 Å². The van der Waals surface area contributed by atoms with Gasteiger partial charge in [0.1, 0.15) is 6.04 Å². The number of ether oxygens (including phenoxy) is 1. The molecule has 162 valence electrons. The van der Waals surface area contributed by atoms with Crippen molar-refractivity contribution in [1.82, 2.24) is 4.90 Å². The molecule has 0 spiro atoms. The van der Waals surface area contributed by atoms with E-state index in [0.717, 1.165) is 16.7 Å². The van der Waals surface area contributed by atoms with E-state index in [1.54, 1.807) is 0 Å². The Morgan fingerprint density at radius 2 is 1.23 bits per heavy atom. The van der Waals surface area contributed by atoms with Crippen LogP contribution in [-0.2, 0) is 29.2 Å². The minimum Gasteiger partial charge on any atom is -0.480 e. The number of aliphatic hydroxyl groups excluding tert-OH is 1. The number of nitrogens with zero attached hydrogens (tertiary/aromatic N) is 1. The lowest BCUT2D eigenvalue weighted by Gasteiger charge is -2.32. The van der Waals surface area contributed by atoms with Crippen molar-refractivity contribution in [2.45, 2.75) is 38.3 Å². The van der Waals surface area contributed by atoms with Gasteiger partial charge < -0.3 is 14.9 Å². The number of hydrogen-bond donors (Lipinski definition) is 2. The van der Waals surface area contributed by atoms with Crippen molar-refractivity contribution in [1.29, 1.82) is 0 Å². The molecule has 3 aromatic carbocycles. The number of aliphatic hydroxyl groups is 1. The minimum absolute atomic E-state index is 0.240. The molecule has 0 fully saturated rings. The maximum atomic E-state index is 12.2. The van der Waals surface area contributed by atoms with Crippen LogP contribution in [0.1, 0.15) is 23.1 Å². The Morgan fingerprint density at radius 3 is 1.68 bits per heavy atom. The lowest BCUT2D eigenvalue weighted by Crippen LogP contribution is -2.48. The topological polar surface area (TPSA) is 70.0 Å². The molecule has 31 heavy (non-hydrogen) atoms. The monoisotopic (exact) mass is 419 g/mol. The zero-order valence-corrected chi connectivity index (χ0v) is 17.5. The molecule has 0 amide bonds. The Balaban J connectivity index is 1.67. The lowest BCUT2D eigenvalue weighted by atomic mass is 10.0. The van der Waals surface area contributed by atoms with E-state index in [-0.39, 0.29) is 13.0 Å². The van der Waals surface area contributed by atoms with Gasteiger partial charge in [0.2, 0.25) is 0 Å². The molecule has 0 aliphatic rings. The average Bonchev–Trinajstić information content (AvgIpc) is 2.79. The zero-order valence-electron chi connectivity index (χ0n) is 17.5. The molecule has 0 saturated carbocycles. The zero-order chi connectivity index (χ0) is 21.9. The molecule has 0 aliphatic heterocycles. The van der Waals surface area contributed by atoms with Gasteiger partial charge in [0.25, 0.3) is 0 Å². The van der Waals surface area contributed by atoms with Crippen LogP contribution in [0, 0.1) is 0 Å². The lowest BCUT2D eigenvalue weighted by molar-refractivity contribution is -0.149. The van der Waals surface area contributed by atoms with Gasteiger partial charge in [0, 0.05) is 19.7 Å². The van der Waals surface area contributed by atoms with Crippen molar-refractivity contribution in [3.63, 3.8) is 0 Å².